The average Bonchev–Trinajstić information content (AvgIpc) is 3.12. The second kappa shape index (κ2) is 5.49. The summed E-state index contributed by atoms with van der Waals surface area (Å²) < 4.78 is 13.0. The number of likely N-dealkylation sites (N-methyl/N-ethyl adjacent to an activating group) is 1. The van der Waals surface area contributed by atoms with Crippen molar-refractivity contribution >= 4 is 28.8 Å². The van der Waals surface area contributed by atoms with Gasteiger partial charge in [-0.2, -0.15) is 0 Å². The fourth-order valence-corrected chi connectivity index (χ4v) is 3.32. The number of amides is 2. The molecule has 1 aliphatic rings. The number of rotatable bonds is 3. The van der Waals surface area contributed by atoms with Crippen molar-refractivity contribution < 1.29 is 14.0 Å². The first kappa shape index (κ1) is 14.6. The van der Waals surface area contributed by atoms with Gasteiger partial charge in [-0.05, 0) is 30.7 Å². The third-order valence-corrected chi connectivity index (χ3v) is 4.57. The van der Waals surface area contributed by atoms with Crippen molar-refractivity contribution in [2.45, 2.75) is 18.4 Å². The smallest absolute Gasteiger partial charge is 0.256 e. The number of hydrogen-bond donors (Lipinski definition) is 1. The third kappa shape index (κ3) is 2.27. The first-order chi connectivity index (χ1) is 10.5. The van der Waals surface area contributed by atoms with Crippen molar-refractivity contribution in [3.05, 3.63) is 46.7 Å². The predicted molar refractivity (Wildman–Crippen MR) is 80.8 cm³/mol. The van der Waals surface area contributed by atoms with E-state index >= 15 is 0 Å². The molecule has 0 unspecified atom stereocenters. The van der Waals surface area contributed by atoms with E-state index in [0.29, 0.717) is 24.2 Å². The van der Waals surface area contributed by atoms with E-state index < -0.39 is 5.54 Å². The van der Waals surface area contributed by atoms with Crippen LogP contribution in [0.5, 0.6) is 0 Å². The van der Waals surface area contributed by atoms with E-state index in [0.717, 1.165) is 0 Å². The van der Waals surface area contributed by atoms with E-state index in [4.69, 9.17) is 0 Å². The van der Waals surface area contributed by atoms with Gasteiger partial charge in [0.2, 0.25) is 5.91 Å². The molecule has 3 rings (SSSR count). The van der Waals surface area contributed by atoms with Crippen LogP contribution in [0.4, 0.5) is 10.1 Å². The third-order valence-electron chi connectivity index (χ3n) is 3.98. The van der Waals surface area contributed by atoms with E-state index in [1.54, 1.807) is 17.9 Å². The lowest BCUT2D eigenvalue weighted by Gasteiger charge is -2.33. The lowest BCUT2D eigenvalue weighted by Crippen LogP contribution is -2.50. The van der Waals surface area contributed by atoms with Gasteiger partial charge in [0, 0.05) is 24.5 Å². The van der Waals surface area contributed by atoms with Gasteiger partial charge in [0.1, 0.15) is 5.82 Å². The number of carbonyl (C=O) groups excluding carboxylic acids is 2. The number of likely N-dealkylation sites (tertiary alicyclic amines) is 1. The van der Waals surface area contributed by atoms with Gasteiger partial charge in [-0.3, -0.25) is 9.59 Å². The van der Waals surface area contributed by atoms with Gasteiger partial charge in [-0.25, -0.2) is 9.37 Å². The summed E-state index contributed by atoms with van der Waals surface area (Å²) in [5, 5.41) is 4.53. The summed E-state index contributed by atoms with van der Waals surface area (Å²) in [5.74, 6) is -0.805. The molecule has 0 spiro atoms. The van der Waals surface area contributed by atoms with E-state index in [1.165, 1.54) is 40.5 Å². The SMILES string of the molecule is CN1C(=O)CC[C@]1(C(=O)Nc1ccc(F)cc1)c1cscn1. The molecule has 1 atom stereocenters. The maximum Gasteiger partial charge on any atom is 0.256 e. The lowest BCUT2D eigenvalue weighted by atomic mass is 9.91. The summed E-state index contributed by atoms with van der Waals surface area (Å²) in [6, 6.07) is 5.51. The summed E-state index contributed by atoms with van der Waals surface area (Å²) in [5.41, 5.74) is 1.57. The molecule has 7 heteroatoms. The van der Waals surface area contributed by atoms with Gasteiger partial charge in [0.25, 0.3) is 5.91 Å². The lowest BCUT2D eigenvalue weighted by molar-refractivity contribution is -0.137. The molecule has 2 amide bonds. The Labute approximate surface area is 130 Å². The zero-order valence-corrected chi connectivity index (χ0v) is 12.7. The first-order valence-electron chi connectivity index (χ1n) is 6.76. The molecule has 0 aliphatic carbocycles. The number of aromatic nitrogens is 1. The van der Waals surface area contributed by atoms with Gasteiger partial charge in [-0.1, -0.05) is 0 Å². The minimum atomic E-state index is -1.11. The van der Waals surface area contributed by atoms with Gasteiger partial charge in [0.15, 0.2) is 5.54 Å². The number of anilines is 1. The average molecular weight is 319 g/mol. The standard InChI is InChI=1S/C15H14FN3O2S/c1-19-13(20)6-7-15(19,12-8-22-9-17-12)14(21)18-11-4-2-10(16)3-5-11/h2-5,8-9H,6-7H2,1H3,(H,18,21)/t15-/m1/s1. The molecule has 0 bridgehead atoms. The Kier molecular flexibility index (Phi) is 3.66. The summed E-state index contributed by atoms with van der Waals surface area (Å²) in [6.07, 6.45) is 0.671. The number of hydrogen-bond acceptors (Lipinski definition) is 4. The van der Waals surface area contributed by atoms with Crippen molar-refractivity contribution in [3.8, 4) is 0 Å². The van der Waals surface area contributed by atoms with Gasteiger partial charge < -0.3 is 10.2 Å². The highest BCUT2D eigenvalue weighted by Crippen LogP contribution is 2.39. The summed E-state index contributed by atoms with van der Waals surface area (Å²) >= 11 is 1.38. The molecule has 1 aromatic carbocycles. The maximum atomic E-state index is 13.0. The highest BCUT2D eigenvalue weighted by atomic mass is 32.1. The molecule has 1 N–H and O–H groups in total. The van der Waals surface area contributed by atoms with Crippen LogP contribution in [0, 0.1) is 5.82 Å². The molecule has 0 saturated carbocycles. The molecular weight excluding hydrogens is 305 g/mol. The van der Waals surface area contributed by atoms with Crippen LogP contribution in [-0.2, 0) is 15.1 Å². The number of nitrogens with zero attached hydrogens (tertiary/aromatic N) is 2. The molecule has 1 aliphatic heterocycles. The maximum absolute atomic E-state index is 13.0. The normalized spacial score (nSPS) is 21.2. The Morgan fingerprint density at radius 1 is 1.41 bits per heavy atom. The Hall–Kier alpha value is -2.28. The van der Waals surface area contributed by atoms with Crippen molar-refractivity contribution in [1.29, 1.82) is 0 Å². The highest BCUT2D eigenvalue weighted by molar-refractivity contribution is 7.07. The molecular formula is C15H14FN3O2S. The molecule has 2 aromatic rings. The summed E-state index contributed by atoms with van der Waals surface area (Å²) in [4.78, 5) is 30.5. The molecule has 114 valence electrons. The highest BCUT2D eigenvalue weighted by Gasteiger charge is 2.52. The molecule has 2 heterocycles. The predicted octanol–water partition coefficient (Wildman–Crippen LogP) is 2.37. The van der Waals surface area contributed by atoms with Crippen LogP contribution in [0.1, 0.15) is 18.5 Å². The minimum absolute atomic E-state index is 0.0951. The quantitative estimate of drug-likeness (QED) is 0.945. The minimum Gasteiger partial charge on any atom is -0.326 e. The molecule has 5 nitrogen and oxygen atoms in total. The summed E-state index contributed by atoms with van der Waals surface area (Å²) in [6.45, 7) is 0. The van der Waals surface area contributed by atoms with Crippen LogP contribution < -0.4 is 5.32 Å². The summed E-state index contributed by atoms with van der Waals surface area (Å²) in [7, 11) is 1.61. The van der Waals surface area contributed by atoms with Crippen LogP contribution in [0.15, 0.2) is 35.2 Å². The Bertz CT molecular complexity index is 702. The Balaban J connectivity index is 1.95. The zero-order valence-electron chi connectivity index (χ0n) is 11.9. The van der Waals surface area contributed by atoms with Crippen molar-refractivity contribution in [2.24, 2.45) is 0 Å². The fourth-order valence-electron chi connectivity index (χ4n) is 2.70. The number of nitrogens with one attached hydrogen (secondary N) is 1. The number of carbonyl (C=O) groups is 2. The van der Waals surface area contributed by atoms with Crippen LogP contribution in [0.25, 0.3) is 0 Å². The van der Waals surface area contributed by atoms with Crippen molar-refractivity contribution in [2.75, 3.05) is 12.4 Å². The van der Waals surface area contributed by atoms with Crippen LogP contribution >= 0.6 is 11.3 Å². The largest absolute Gasteiger partial charge is 0.326 e. The van der Waals surface area contributed by atoms with Gasteiger partial charge in [0.05, 0.1) is 11.2 Å². The molecule has 22 heavy (non-hydrogen) atoms. The first-order valence-corrected chi connectivity index (χ1v) is 7.70. The van der Waals surface area contributed by atoms with E-state index in [-0.39, 0.29) is 17.6 Å². The second-order valence-corrected chi connectivity index (χ2v) is 5.87. The number of halogens is 1. The molecule has 0 radical (unpaired) electrons. The van der Waals surface area contributed by atoms with E-state index in [2.05, 4.69) is 10.3 Å². The van der Waals surface area contributed by atoms with E-state index in [1.807, 2.05) is 0 Å². The topological polar surface area (TPSA) is 62.3 Å². The van der Waals surface area contributed by atoms with Gasteiger partial charge >= 0.3 is 0 Å². The zero-order chi connectivity index (χ0) is 15.7. The Morgan fingerprint density at radius 3 is 2.68 bits per heavy atom. The number of thiazole rings is 1. The van der Waals surface area contributed by atoms with Crippen molar-refractivity contribution in [3.63, 3.8) is 0 Å². The number of benzene rings is 1. The van der Waals surface area contributed by atoms with Gasteiger partial charge in [-0.15, -0.1) is 11.3 Å². The molecule has 1 aromatic heterocycles. The van der Waals surface area contributed by atoms with Crippen molar-refractivity contribution in [1.82, 2.24) is 9.88 Å². The Morgan fingerprint density at radius 2 is 2.14 bits per heavy atom. The second-order valence-electron chi connectivity index (χ2n) is 5.15. The fraction of sp³-hybridized carbons (Fsp3) is 0.267. The molecule has 1 fully saturated rings. The van der Waals surface area contributed by atoms with Crippen LogP contribution in [-0.4, -0.2) is 28.7 Å². The van der Waals surface area contributed by atoms with Crippen LogP contribution in [0.2, 0.25) is 0 Å². The molecule has 1 saturated heterocycles. The van der Waals surface area contributed by atoms with E-state index in [9.17, 15) is 14.0 Å². The monoisotopic (exact) mass is 319 g/mol. The van der Waals surface area contributed by atoms with Crippen LogP contribution in [0.3, 0.4) is 0 Å².